The highest BCUT2D eigenvalue weighted by Gasteiger charge is 2.19. The van der Waals surface area contributed by atoms with Crippen molar-refractivity contribution in [3.05, 3.63) is 42.0 Å². The molecule has 1 atom stereocenters. The van der Waals surface area contributed by atoms with Gasteiger partial charge in [0.05, 0.1) is 6.10 Å². The topological polar surface area (TPSA) is 43.7 Å². The van der Waals surface area contributed by atoms with Crippen LogP contribution in [-0.2, 0) is 6.54 Å². The summed E-state index contributed by atoms with van der Waals surface area (Å²) in [4.78, 5) is 2.22. The minimum atomic E-state index is -0.231. The molecule has 3 nitrogen and oxygen atoms in total. The first kappa shape index (κ1) is 12.5. The van der Waals surface area contributed by atoms with Gasteiger partial charge in [-0.2, -0.15) is 0 Å². The van der Waals surface area contributed by atoms with Gasteiger partial charge in [0.15, 0.2) is 0 Å². The van der Waals surface area contributed by atoms with Gasteiger partial charge in [0.2, 0.25) is 0 Å². The van der Waals surface area contributed by atoms with E-state index < -0.39 is 0 Å². The lowest BCUT2D eigenvalue weighted by Gasteiger charge is -2.30. The van der Waals surface area contributed by atoms with E-state index in [1.54, 1.807) is 6.07 Å². The molecular formula is C16H19NO2. The van der Waals surface area contributed by atoms with E-state index >= 15 is 0 Å². The largest absolute Gasteiger partial charge is 0.508 e. The number of phenols is 1. The van der Waals surface area contributed by atoms with Gasteiger partial charge in [-0.05, 0) is 36.2 Å². The molecule has 3 heteroatoms. The smallest absolute Gasteiger partial charge is 0.120 e. The molecule has 1 heterocycles. The van der Waals surface area contributed by atoms with Crippen LogP contribution in [0.5, 0.6) is 5.75 Å². The summed E-state index contributed by atoms with van der Waals surface area (Å²) in [6, 6.07) is 11.8. The Morgan fingerprint density at radius 2 is 2.00 bits per heavy atom. The first-order chi connectivity index (χ1) is 9.24. The average molecular weight is 257 g/mol. The molecule has 3 rings (SSSR count). The molecule has 0 aliphatic carbocycles. The maximum absolute atomic E-state index is 10.1. The average Bonchev–Trinajstić information content (AvgIpc) is 2.42. The number of β-amino-alcohol motifs (C(OH)–C–C–N with tert-alkyl or cyclic N) is 1. The Labute approximate surface area is 113 Å². The number of nitrogens with zero attached hydrogens (tertiary/aromatic N) is 1. The first-order valence-electron chi connectivity index (χ1n) is 6.84. The molecule has 0 radical (unpaired) electrons. The SMILES string of the molecule is Oc1ccc2ccccc2c1CN1CCC[C@@H](O)C1. The van der Waals surface area contributed by atoms with Crippen LogP contribution in [0.2, 0.25) is 0 Å². The fraction of sp³-hybridized carbons (Fsp3) is 0.375. The second-order valence-electron chi connectivity index (χ2n) is 5.32. The van der Waals surface area contributed by atoms with E-state index in [1.807, 2.05) is 24.3 Å². The monoisotopic (exact) mass is 257 g/mol. The van der Waals surface area contributed by atoms with Crippen molar-refractivity contribution in [1.82, 2.24) is 4.90 Å². The van der Waals surface area contributed by atoms with E-state index in [0.717, 1.165) is 35.7 Å². The van der Waals surface area contributed by atoms with Crippen molar-refractivity contribution >= 4 is 10.8 Å². The van der Waals surface area contributed by atoms with Crippen molar-refractivity contribution in [2.24, 2.45) is 0 Å². The Morgan fingerprint density at radius 1 is 1.16 bits per heavy atom. The Morgan fingerprint density at radius 3 is 2.84 bits per heavy atom. The van der Waals surface area contributed by atoms with E-state index in [4.69, 9.17) is 0 Å². The second-order valence-corrected chi connectivity index (χ2v) is 5.32. The third kappa shape index (κ3) is 2.57. The maximum Gasteiger partial charge on any atom is 0.120 e. The molecule has 0 amide bonds. The summed E-state index contributed by atoms with van der Waals surface area (Å²) in [5.41, 5.74) is 0.965. The van der Waals surface area contributed by atoms with Crippen LogP contribution in [0.15, 0.2) is 36.4 Å². The number of piperidine rings is 1. The van der Waals surface area contributed by atoms with Crippen molar-refractivity contribution in [3.8, 4) is 5.75 Å². The number of hydrogen-bond acceptors (Lipinski definition) is 3. The zero-order valence-corrected chi connectivity index (χ0v) is 10.9. The van der Waals surface area contributed by atoms with Crippen molar-refractivity contribution in [2.45, 2.75) is 25.5 Å². The second kappa shape index (κ2) is 5.19. The van der Waals surface area contributed by atoms with Crippen molar-refractivity contribution in [1.29, 1.82) is 0 Å². The van der Waals surface area contributed by atoms with Gasteiger partial charge in [-0.25, -0.2) is 0 Å². The van der Waals surface area contributed by atoms with E-state index in [2.05, 4.69) is 11.0 Å². The lowest BCUT2D eigenvalue weighted by Crippen LogP contribution is -2.37. The standard InChI is InChI=1S/C16H19NO2/c18-13-5-3-9-17(10-13)11-15-14-6-2-1-4-12(14)7-8-16(15)19/h1-2,4,6-8,13,18-19H,3,5,9-11H2/t13-/m1/s1. The maximum atomic E-state index is 10.1. The normalized spacial score (nSPS) is 20.8. The Balaban J connectivity index is 1.93. The zero-order valence-electron chi connectivity index (χ0n) is 10.9. The molecule has 1 aliphatic heterocycles. The molecule has 1 saturated heterocycles. The van der Waals surface area contributed by atoms with E-state index in [9.17, 15) is 10.2 Å². The van der Waals surface area contributed by atoms with Crippen LogP contribution >= 0.6 is 0 Å². The Bertz CT molecular complexity index is 582. The van der Waals surface area contributed by atoms with Gasteiger partial charge in [0, 0.05) is 18.7 Å². The lowest BCUT2D eigenvalue weighted by molar-refractivity contribution is 0.0666. The molecular weight excluding hydrogens is 238 g/mol. The zero-order chi connectivity index (χ0) is 13.2. The molecule has 2 aromatic carbocycles. The van der Waals surface area contributed by atoms with Crippen molar-refractivity contribution < 1.29 is 10.2 Å². The number of phenolic OH excluding ortho intramolecular Hbond substituents is 1. The Kier molecular flexibility index (Phi) is 3.40. The predicted molar refractivity (Wildman–Crippen MR) is 76.1 cm³/mol. The highest BCUT2D eigenvalue weighted by Crippen LogP contribution is 2.29. The van der Waals surface area contributed by atoms with Gasteiger partial charge >= 0.3 is 0 Å². The summed E-state index contributed by atoms with van der Waals surface area (Å²) in [7, 11) is 0. The fourth-order valence-electron chi connectivity index (χ4n) is 2.89. The number of rotatable bonds is 2. The third-order valence-electron chi connectivity index (χ3n) is 3.88. The summed E-state index contributed by atoms with van der Waals surface area (Å²) in [6.45, 7) is 2.38. The van der Waals surface area contributed by atoms with Crippen LogP contribution in [0.25, 0.3) is 10.8 Å². The molecule has 2 N–H and O–H groups in total. The number of hydrogen-bond donors (Lipinski definition) is 2. The first-order valence-corrected chi connectivity index (χ1v) is 6.84. The number of benzene rings is 2. The van der Waals surface area contributed by atoms with Crippen LogP contribution < -0.4 is 0 Å². The van der Waals surface area contributed by atoms with Crippen LogP contribution in [0, 0.1) is 0 Å². The minimum absolute atomic E-state index is 0.231. The molecule has 1 fully saturated rings. The van der Waals surface area contributed by atoms with Gasteiger partial charge in [0.1, 0.15) is 5.75 Å². The molecule has 0 spiro atoms. The minimum Gasteiger partial charge on any atom is -0.508 e. The van der Waals surface area contributed by atoms with Gasteiger partial charge < -0.3 is 10.2 Å². The summed E-state index contributed by atoms with van der Waals surface area (Å²) in [5, 5.41) is 22.1. The van der Waals surface area contributed by atoms with Crippen LogP contribution in [0.3, 0.4) is 0 Å². The van der Waals surface area contributed by atoms with E-state index in [0.29, 0.717) is 18.8 Å². The van der Waals surface area contributed by atoms with Gasteiger partial charge in [-0.1, -0.05) is 30.3 Å². The molecule has 100 valence electrons. The van der Waals surface area contributed by atoms with Crippen molar-refractivity contribution in [2.75, 3.05) is 13.1 Å². The van der Waals surface area contributed by atoms with Gasteiger partial charge in [0.25, 0.3) is 0 Å². The molecule has 0 unspecified atom stereocenters. The number of fused-ring (bicyclic) bond motifs is 1. The van der Waals surface area contributed by atoms with Crippen LogP contribution in [0.1, 0.15) is 18.4 Å². The number of likely N-dealkylation sites (tertiary alicyclic amines) is 1. The van der Waals surface area contributed by atoms with Gasteiger partial charge in [-0.15, -0.1) is 0 Å². The molecule has 0 bridgehead atoms. The molecule has 19 heavy (non-hydrogen) atoms. The number of aliphatic hydroxyl groups is 1. The quantitative estimate of drug-likeness (QED) is 0.868. The summed E-state index contributed by atoms with van der Waals surface area (Å²) in [5.74, 6) is 0.346. The highest BCUT2D eigenvalue weighted by molar-refractivity contribution is 5.87. The molecule has 2 aromatic rings. The summed E-state index contributed by atoms with van der Waals surface area (Å²) in [6.07, 6.45) is 1.68. The van der Waals surface area contributed by atoms with Crippen LogP contribution in [0.4, 0.5) is 0 Å². The Hall–Kier alpha value is -1.58. The molecule has 0 saturated carbocycles. The van der Waals surface area contributed by atoms with Crippen LogP contribution in [-0.4, -0.2) is 34.3 Å². The van der Waals surface area contributed by atoms with Crippen molar-refractivity contribution in [3.63, 3.8) is 0 Å². The fourth-order valence-corrected chi connectivity index (χ4v) is 2.89. The summed E-state index contributed by atoms with van der Waals surface area (Å²) >= 11 is 0. The number of aliphatic hydroxyl groups excluding tert-OH is 1. The predicted octanol–water partition coefficient (Wildman–Crippen LogP) is 2.50. The third-order valence-corrected chi connectivity index (χ3v) is 3.88. The lowest BCUT2D eigenvalue weighted by atomic mass is 10.0. The number of aromatic hydroxyl groups is 1. The highest BCUT2D eigenvalue weighted by atomic mass is 16.3. The van der Waals surface area contributed by atoms with E-state index in [1.165, 1.54) is 0 Å². The van der Waals surface area contributed by atoms with Gasteiger partial charge in [-0.3, -0.25) is 4.90 Å². The van der Waals surface area contributed by atoms with E-state index in [-0.39, 0.29) is 6.10 Å². The molecule has 0 aromatic heterocycles. The summed E-state index contributed by atoms with van der Waals surface area (Å²) < 4.78 is 0. The molecule has 1 aliphatic rings.